The molecule has 2 fully saturated rings. The van der Waals surface area contributed by atoms with E-state index in [0.717, 1.165) is 65.0 Å². The van der Waals surface area contributed by atoms with Crippen LogP contribution in [0.2, 0.25) is 0 Å². The standard InChI is InChI=1S/C20H38N4O4/c25-19(27-17-15-23-11-5-6-12-23)21-9-3-1-2-4-10-22-20(26)28-18-16-24-13-7-8-14-24/h1-18H2,(H,21,25)(H,22,26). The molecule has 0 radical (unpaired) electrons. The van der Waals surface area contributed by atoms with Gasteiger partial charge in [0.25, 0.3) is 0 Å². The summed E-state index contributed by atoms with van der Waals surface area (Å²) in [6.07, 6.45) is 8.23. The minimum atomic E-state index is -0.322. The van der Waals surface area contributed by atoms with Crippen LogP contribution in [-0.2, 0) is 9.47 Å². The number of hydrogen-bond acceptors (Lipinski definition) is 6. The number of amides is 2. The molecule has 2 N–H and O–H groups in total. The van der Waals surface area contributed by atoms with Crippen LogP contribution in [0.15, 0.2) is 0 Å². The van der Waals surface area contributed by atoms with Crippen molar-refractivity contribution in [1.82, 2.24) is 20.4 Å². The summed E-state index contributed by atoms with van der Waals surface area (Å²) in [4.78, 5) is 27.8. The van der Waals surface area contributed by atoms with E-state index in [1.165, 1.54) is 25.7 Å². The molecule has 0 aliphatic carbocycles. The second-order valence-electron chi connectivity index (χ2n) is 7.64. The number of likely N-dealkylation sites (tertiary alicyclic amines) is 2. The van der Waals surface area contributed by atoms with Gasteiger partial charge in [0.1, 0.15) is 13.2 Å². The van der Waals surface area contributed by atoms with Crippen LogP contribution >= 0.6 is 0 Å². The molecular formula is C20H38N4O4. The van der Waals surface area contributed by atoms with Gasteiger partial charge in [-0.1, -0.05) is 12.8 Å². The zero-order valence-corrected chi connectivity index (χ0v) is 17.3. The number of nitrogens with zero attached hydrogens (tertiary/aromatic N) is 2. The molecule has 0 aromatic rings. The van der Waals surface area contributed by atoms with Gasteiger partial charge in [-0.2, -0.15) is 0 Å². The normalized spacial score (nSPS) is 17.6. The van der Waals surface area contributed by atoms with Gasteiger partial charge in [-0.25, -0.2) is 9.59 Å². The van der Waals surface area contributed by atoms with Gasteiger partial charge < -0.3 is 20.1 Å². The van der Waals surface area contributed by atoms with Gasteiger partial charge in [-0.05, 0) is 64.7 Å². The van der Waals surface area contributed by atoms with Crippen molar-refractivity contribution in [3.05, 3.63) is 0 Å². The number of carbonyl (C=O) groups is 2. The van der Waals surface area contributed by atoms with Gasteiger partial charge in [0.2, 0.25) is 0 Å². The van der Waals surface area contributed by atoms with Crippen molar-refractivity contribution in [2.45, 2.75) is 51.4 Å². The molecular weight excluding hydrogens is 360 g/mol. The Morgan fingerprint density at radius 2 is 1.04 bits per heavy atom. The van der Waals surface area contributed by atoms with Crippen molar-refractivity contribution in [2.24, 2.45) is 0 Å². The number of hydrogen-bond donors (Lipinski definition) is 2. The molecule has 2 aliphatic heterocycles. The Balaban J connectivity index is 1.29. The van der Waals surface area contributed by atoms with E-state index in [0.29, 0.717) is 26.3 Å². The number of rotatable bonds is 13. The topological polar surface area (TPSA) is 83.1 Å². The van der Waals surface area contributed by atoms with E-state index >= 15 is 0 Å². The lowest BCUT2D eigenvalue weighted by Crippen LogP contribution is -2.30. The molecule has 162 valence electrons. The second kappa shape index (κ2) is 14.5. The van der Waals surface area contributed by atoms with Crippen LogP contribution in [-0.4, -0.2) is 87.6 Å². The first-order chi connectivity index (χ1) is 13.7. The van der Waals surface area contributed by atoms with E-state index in [1.807, 2.05) is 0 Å². The van der Waals surface area contributed by atoms with Gasteiger partial charge in [0.05, 0.1) is 0 Å². The Hall–Kier alpha value is -1.54. The van der Waals surface area contributed by atoms with Crippen molar-refractivity contribution in [3.63, 3.8) is 0 Å². The lowest BCUT2D eigenvalue weighted by Gasteiger charge is -2.14. The predicted molar refractivity (Wildman–Crippen MR) is 109 cm³/mol. The molecule has 2 saturated heterocycles. The first-order valence-electron chi connectivity index (χ1n) is 11.0. The highest BCUT2D eigenvalue weighted by atomic mass is 16.6. The van der Waals surface area contributed by atoms with Gasteiger partial charge in [0, 0.05) is 26.2 Å². The van der Waals surface area contributed by atoms with Gasteiger partial charge in [-0.15, -0.1) is 0 Å². The van der Waals surface area contributed by atoms with Crippen molar-refractivity contribution < 1.29 is 19.1 Å². The van der Waals surface area contributed by atoms with Crippen LogP contribution in [0.4, 0.5) is 9.59 Å². The molecule has 2 amide bonds. The summed E-state index contributed by atoms with van der Waals surface area (Å²) >= 11 is 0. The van der Waals surface area contributed by atoms with Crippen LogP contribution < -0.4 is 10.6 Å². The average Bonchev–Trinajstić information content (AvgIpc) is 3.38. The summed E-state index contributed by atoms with van der Waals surface area (Å²) < 4.78 is 10.4. The molecule has 2 heterocycles. The van der Waals surface area contributed by atoms with E-state index in [2.05, 4.69) is 20.4 Å². The Morgan fingerprint density at radius 1 is 0.643 bits per heavy atom. The highest BCUT2D eigenvalue weighted by Gasteiger charge is 2.12. The Kier molecular flexibility index (Phi) is 11.7. The average molecular weight is 399 g/mol. The van der Waals surface area contributed by atoms with Crippen molar-refractivity contribution in [1.29, 1.82) is 0 Å². The first-order valence-corrected chi connectivity index (χ1v) is 11.0. The summed E-state index contributed by atoms with van der Waals surface area (Å²) in [6, 6.07) is 0. The van der Waals surface area contributed by atoms with Crippen LogP contribution in [0.1, 0.15) is 51.4 Å². The highest BCUT2D eigenvalue weighted by molar-refractivity contribution is 5.67. The number of ether oxygens (including phenoxy) is 2. The van der Waals surface area contributed by atoms with Gasteiger partial charge >= 0.3 is 12.2 Å². The van der Waals surface area contributed by atoms with Crippen molar-refractivity contribution in [2.75, 3.05) is 65.6 Å². The monoisotopic (exact) mass is 398 g/mol. The SMILES string of the molecule is O=C(NCCCCCCNC(=O)OCCN1CCCC1)OCCN1CCCC1. The summed E-state index contributed by atoms with van der Waals surface area (Å²) in [6.45, 7) is 8.35. The first kappa shape index (κ1) is 22.7. The quantitative estimate of drug-likeness (QED) is 0.463. The molecule has 0 bridgehead atoms. The molecule has 8 nitrogen and oxygen atoms in total. The lowest BCUT2D eigenvalue weighted by atomic mass is 10.2. The maximum Gasteiger partial charge on any atom is 0.407 e. The number of nitrogens with one attached hydrogen (secondary N) is 2. The van der Waals surface area contributed by atoms with E-state index in [4.69, 9.17) is 9.47 Å². The van der Waals surface area contributed by atoms with E-state index in [1.54, 1.807) is 0 Å². The fourth-order valence-electron chi connectivity index (χ4n) is 3.63. The smallest absolute Gasteiger partial charge is 0.407 e. The predicted octanol–water partition coefficient (Wildman–Crippen LogP) is 2.19. The van der Waals surface area contributed by atoms with Gasteiger partial charge in [0.15, 0.2) is 0 Å². The molecule has 2 aliphatic rings. The van der Waals surface area contributed by atoms with E-state index in [9.17, 15) is 9.59 Å². The summed E-state index contributed by atoms with van der Waals surface area (Å²) in [5, 5.41) is 5.58. The Morgan fingerprint density at radius 3 is 1.43 bits per heavy atom. The van der Waals surface area contributed by atoms with Crippen molar-refractivity contribution >= 4 is 12.2 Å². The maximum absolute atomic E-state index is 11.6. The molecule has 2 rings (SSSR count). The second-order valence-corrected chi connectivity index (χ2v) is 7.64. The van der Waals surface area contributed by atoms with E-state index < -0.39 is 0 Å². The minimum absolute atomic E-state index is 0.322. The number of carbonyl (C=O) groups excluding carboxylic acids is 2. The Bertz CT molecular complexity index is 398. The van der Waals surface area contributed by atoms with Gasteiger partial charge in [-0.3, -0.25) is 9.80 Å². The Labute approximate surface area is 169 Å². The summed E-state index contributed by atoms with van der Waals surface area (Å²) in [7, 11) is 0. The summed E-state index contributed by atoms with van der Waals surface area (Å²) in [5.41, 5.74) is 0. The third-order valence-electron chi connectivity index (χ3n) is 5.32. The zero-order valence-electron chi connectivity index (χ0n) is 17.3. The zero-order chi connectivity index (χ0) is 19.9. The highest BCUT2D eigenvalue weighted by Crippen LogP contribution is 2.06. The molecule has 0 aromatic carbocycles. The number of alkyl carbamates (subject to hydrolysis) is 2. The molecule has 0 saturated carbocycles. The molecule has 0 atom stereocenters. The van der Waals surface area contributed by atoms with Crippen LogP contribution in [0.3, 0.4) is 0 Å². The van der Waals surface area contributed by atoms with Crippen LogP contribution in [0.25, 0.3) is 0 Å². The third-order valence-corrected chi connectivity index (χ3v) is 5.32. The molecule has 0 unspecified atom stereocenters. The van der Waals surface area contributed by atoms with Crippen LogP contribution in [0, 0.1) is 0 Å². The molecule has 0 aromatic heterocycles. The minimum Gasteiger partial charge on any atom is -0.448 e. The van der Waals surface area contributed by atoms with E-state index in [-0.39, 0.29) is 12.2 Å². The fraction of sp³-hybridized carbons (Fsp3) is 0.900. The summed E-state index contributed by atoms with van der Waals surface area (Å²) in [5.74, 6) is 0. The lowest BCUT2D eigenvalue weighted by molar-refractivity contribution is 0.131. The van der Waals surface area contributed by atoms with Crippen LogP contribution in [0.5, 0.6) is 0 Å². The fourth-order valence-corrected chi connectivity index (χ4v) is 3.63. The molecule has 8 heteroatoms. The number of unbranched alkanes of at least 4 members (excludes halogenated alkanes) is 3. The maximum atomic E-state index is 11.6. The molecule has 0 spiro atoms. The largest absolute Gasteiger partial charge is 0.448 e. The third kappa shape index (κ3) is 10.7. The van der Waals surface area contributed by atoms with Crippen molar-refractivity contribution in [3.8, 4) is 0 Å². The molecule has 28 heavy (non-hydrogen) atoms.